The molecule has 11 heteroatoms. The molecule has 3 rings (SSSR count). The first-order chi connectivity index (χ1) is 17.3. The lowest BCUT2D eigenvalue weighted by molar-refractivity contribution is 0.0910. The lowest BCUT2D eigenvalue weighted by atomic mass is 10.1. The van der Waals surface area contributed by atoms with Gasteiger partial charge < -0.3 is 15.8 Å². The lowest BCUT2D eigenvalue weighted by Gasteiger charge is -2.19. The van der Waals surface area contributed by atoms with Gasteiger partial charge in [-0.3, -0.25) is 4.79 Å². The number of benzene rings is 2. The maximum atomic E-state index is 13.2. The second kappa shape index (κ2) is 11.7. The molecular formula is C26H28Cl2N4O4S. The maximum absolute atomic E-state index is 13.2. The number of sulfone groups is 1. The molecule has 1 heterocycles. The van der Waals surface area contributed by atoms with Gasteiger partial charge in [0.05, 0.1) is 23.0 Å². The van der Waals surface area contributed by atoms with Crippen molar-refractivity contribution in [3.63, 3.8) is 0 Å². The number of hydrogen-bond acceptors (Lipinski definition) is 6. The molecule has 0 saturated heterocycles. The molecule has 0 aliphatic heterocycles. The molecule has 2 aromatic carbocycles. The van der Waals surface area contributed by atoms with Crippen molar-refractivity contribution in [2.24, 2.45) is 5.73 Å². The van der Waals surface area contributed by atoms with Crippen molar-refractivity contribution >= 4 is 38.9 Å². The van der Waals surface area contributed by atoms with Crippen LogP contribution in [0.15, 0.2) is 47.4 Å². The normalized spacial score (nSPS) is 11.6. The van der Waals surface area contributed by atoms with Crippen molar-refractivity contribution in [3.05, 3.63) is 63.8 Å². The van der Waals surface area contributed by atoms with Crippen molar-refractivity contribution in [1.29, 1.82) is 0 Å². The molecule has 1 aromatic heterocycles. The quantitative estimate of drug-likeness (QED) is 0.330. The molecule has 3 aromatic rings. The molecule has 0 atom stereocenters. The Bertz CT molecular complexity index is 1470. The topological polar surface area (TPSA) is 116 Å². The number of carbonyl (C=O) groups is 1. The van der Waals surface area contributed by atoms with Crippen LogP contribution in [-0.4, -0.2) is 55.7 Å². The number of amides is 1. The van der Waals surface area contributed by atoms with E-state index in [4.69, 9.17) is 33.7 Å². The van der Waals surface area contributed by atoms with Crippen LogP contribution < -0.4 is 11.1 Å². The van der Waals surface area contributed by atoms with Gasteiger partial charge in [0, 0.05) is 34.5 Å². The fraction of sp³-hybridized carbons (Fsp3) is 0.308. The van der Waals surface area contributed by atoms with E-state index in [1.165, 1.54) is 4.68 Å². The molecule has 8 nitrogen and oxygen atoms in total. The number of aromatic nitrogens is 2. The van der Waals surface area contributed by atoms with E-state index in [-0.39, 0.29) is 27.9 Å². The largest absolute Gasteiger partial charge is 0.367 e. The third-order valence-electron chi connectivity index (χ3n) is 4.88. The molecular weight excluding hydrogens is 535 g/mol. The fourth-order valence-electron chi connectivity index (χ4n) is 3.44. The summed E-state index contributed by atoms with van der Waals surface area (Å²) in [7, 11) is -3.92. The molecule has 0 fully saturated rings. The summed E-state index contributed by atoms with van der Waals surface area (Å²) in [5.74, 6) is 5.21. The van der Waals surface area contributed by atoms with E-state index in [0.29, 0.717) is 35.0 Å². The van der Waals surface area contributed by atoms with Crippen molar-refractivity contribution in [2.75, 3.05) is 26.0 Å². The Hall–Kier alpha value is -2.87. The van der Waals surface area contributed by atoms with E-state index in [9.17, 15) is 13.2 Å². The zero-order valence-corrected chi connectivity index (χ0v) is 23.3. The molecule has 0 radical (unpaired) electrons. The van der Waals surface area contributed by atoms with E-state index in [1.807, 2.05) is 0 Å². The monoisotopic (exact) mass is 562 g/mol. The van der Waals surface area contributed by atoms with Gasteiger partial charge in [-0.05, 0) is 51.1 Å². The van der Waals surface area contributed by atoms with Gasteiger partial charge in [-0.2, -0.15) is 5.10 Å². The van der Waals surface area contributed by atoms with Gasteiger partial charge in [0.2, 0.25) is 0 Å². The third-order valence-corrected chi connectivity index (χ3v) is 6.56. The second-order valence-corrected chi connectivity index (χ2v) is 12.0. The second-order valence-electron chi connectivity index (χ2n) is 9.23. The summed E-state index contributed by atoms with van der Waals surface area (Å²) in [6.45, 7) is 6.42. The van der Waals surface area contributed by atoms with Gasteiger partial charge in [0.25, 0.3) is 5.91 Å². The predicted molar refractivity (Wildman–Crippen MR) is 146 cm³/mol. The fourth-order valence-corrected chi connectivity index (χ4v) is 4.87. The predicted octanol–water partition coefficient (Wildman–Crippen LogP) is 4.10. The Labute approximate surface area is 227 Å². The third kappa shape index (κ3) is 7.34. The van der Waals surface area contributed by atoms with Crippen molar-refractivity contribution in [2.45, 2.75) is 31.2 Å². The minimum atomic E-state index is -3.92. The summed E-state index contributed by atoms with van der Waals surface area (Å²) in [5, 5.41) is 7.98. The average Bonchev–Trinajstić information content (AvgIpc) is 3.20. The average molecular weight is 564 g/mol. The first-order valence-electron chi connectivity index (χ1n) is 11.3. The highest BCUT2D eigenvalue weighted by atomic mass is 35.5. The molecule has 0 aliphatic carbocycles. The summed E-state index contributed by atoms with van der Waals surface area (Å²) in [6.07, 6.45) is 1.04. The van der Waals surface area contributed by atoms with Crippen LogP contribution in [0.3, 0.4) is 0 Å². The van der Waals surface area contributed by atoms with Gasteiger partial charge in [-0.1, -0.05) is 47.2 Å². The lowest BCUT2D eigenvalue weighted by Crippen LogP contribution is -2.41. The number of nitrogens with two attached hydrogens (primary N) is 1. The summed E-state index contributed by atoms with van der Waals surface area (Å²) < 4.78 is 32.7. The van der Waals surface area contributed by atoms with E-state index in [1.54, 1.807) is 63.2 Å². The number of rotatable bonds is 7. The molecule has 37 heavy (non-hydrogen) atoms. The molecule has 0 unspecified atom stereocenters. The summed E-state index contributed by atoms with van der Waals surface area (Å²) >= 11 is 12.7. The SMILES string of the molecule is CC(C)(C)NC(=O)c1nn(-c2ccc(C#CCOCCN)cc2Cl)c(-c2ccc(Cl)cc2)c1S(C)(=O)=O. The van der Waals surface area contributed by atoms with Crippen LogP contribution in [0.4, 0.5) is 0 Å². The highest BCUT2D eigenvalue weighted by Crippen LogP contribution is 2.35. The smallest absolute Gasteiger partial charge is 0.273 e. The highest BCUT2D eigenvalue weighted by Gasteiger charge is 2.32. The Kier molecular flexibility index (Phi) is 9.05. The first-order valence-corrected chi connectivity index (χ1v) is 13.9. The molecule has 1 amide bonds. The molecule has 0 saturated carbocycles. The zero-order chi connectivity index (χ0) is 27.4. The number of nitrogens with one attached hydrogen (secondary N) is 1. The van der Waals surface area contributed by atoms with E-state index < -0.39 is 21.3 Å². The van der Waals surface area contributed by atoms with Crippen LogP contribution in [0, 0.1) is 11.8 Å². The summed E-state index contributed by atoms with van der Waals surface area (Å²) in [6, 6.07) is 11.6. The van der Waals surface area contributed by atoms with Gasteiger partial charge in [0.1, 0.15) is 11.5 Å². The first kappa shape index (κ1) is 28.7. The van der Waals surface area contributed by atoms with Crippen LogP contribution in [-0.2, 0) is 14.6 Å². The molecule has 3 N–H and O–H groups in total. The maximum Gasteiger partial charge on any atom is 0.273 e. The Morgan fingerprint density at radius 1 is 1.16 bits per heavy atom. The van der Waals surface area contributed by atoms with Crippen LogP contribution in [0.2, 0.25) is 10.0 Å². The summed E-state index contributed by atoms with van der Waals surface area (Å²) in [5.41, 5.74) is 6.21. The van der Waals surface area contributed by atoms with Crippen LogP contribution >= 0.6 is 23.2 Å². The van der Waals surface area contributed by atoms with Crippen LogP contribution in [0.5, 0.6) is 0 Å². The van der Waals surface area contributed by atoms with Gasteiger partial charge >= 0.3 is 0 Å². The van der Waals surface area contributed by atoms with E-state index in [0.717, 1.165) is 6.26 Å². The molecule has 0 spiro atoms. The Morgan fingerprint density at radius 3 is 2.41 bits per heavy atom. The number of nitrogens with zero attached hydrogens (tertiary/aromatic N) is 2. The standard InChI is InChI=1S/C26H28Cl2N4O4S/c1-26(2,3)30-25(33)22-24(37(4,34)35)23(18-8-10-19(27)11-9-18)32(31-22)21-12-7-17(16-20(21)28)6-5-14-36-15-13-29/h7-12,16H,13-15,29H2,1-4H3,(H,30,33). The highest BCUT2D eigenvalue weighted by molar-refractivity contribution is 7.91. The van der Waals surface area contributed by atoms with Crippen molar-refractivity contribution in [1.82, 2.24) is 15.1 Å². The Balaban J connectivity index is 2.23. The number of carbonyl (C=O) groups excluding carboxylic acids is 1. The molecule has 196 valence electrons. The summed E-state index contributed by atoms with van der Waals surface area (Å²) in [4.78, 5) is 13.0. The number of hydrogen-bond donors (Lipinski definition) is 2. The molecule has 0 aliphatic rings. The van der Waals surface area contributed by atoms with Crippen molar-refractivity contribution in [3.8, 4) is 28.8 Å². The van der Waals surface area contributed by atoms with Crippen molar-refractivity contribution < 1.29 is 17.9 Å². The van der Waals surface area contributed by atoms with Gasteiger partial charge in [0.15, 0.2) is 15.5 Å². The van der Waals surface area contributed by atoms with Crippen LogP contribution in [0.25, 0.3) is 16.9 Å². The van der Waals surface area contributed by atoms with Gasteiger partial charge in [-0.15, -0.1) is 0 Å². The molecule has 0 bridgehead atoms. The zero-order valence-electron chi connectivity index (χ0n) is 20.9. The minimum absolute atomic E-state index is 0.189. The van der Waals surface area contributed by atoms with Gasteiger partial charge in [-0.25, -0.2) is 13.1 Å². The number of ether oxygens (including phenoxy) is 1. The Morgan fingerprint density at radius 2 is 1.84 bits per heavy atom. The minimum Gasteiger partial charge on any atom is -0.367 e. The van der Waals surface area contributed by atoms with Crippen LogP contribution in [0.1, 0.15) is 36.8 Å². The van der Waals surface area contributed by atoms with E-state index in [2.05, 4.69) is 22.3 Å². The number of halogens is 2. The van der Waals surface area contributed by atoms with E-state index >= 15 is 0 Å².